The third kappa shape index (κ3) is 3.72. The van der Waals surface area contributed by atoms with Gasteiger partial charge in [0.15, 0.2) is 0 Å². The molecule has 1 aromatic carbocycles. The van der Waals surface area contributed by atoms with Crippen molar-refractivity contribution in [2.24, 2.45) is 0 Å². The van der Waals surface area contributed by atoms with E-state index in [4.69, 9.17) is 9.84 Å². The van der Waals surface area contributed by atoms with Crippen LogP contribution in [0.25, 0.3) is 0 Å². The van der Waals surface area contributed by atoms with E-state index in [-0.39, 0.29) is 5.76 Å². The number of hydrogen-bond acceptors (Lipinski definition) is 3. The lowest BCUT2D eigenvalue weighted by Gasteiger charge is -2.09. The summed E-state index contributed by atoms with van der Waals surface area (Å²) in [6.07, 6.45) is 1.41. The summed E-state index contributed by atoms with van der Waals surface area (Å²) >= 11 is 0. The highest BCUT2D eigenvalue weighted by Gasteiger charge is 2.09. The molecule has 80 valence electrons. The first kappa shape index (κ1) is 11.1. The predicted molar refractivity (Wildman–Crippen MR) is 56.5 cm³/mol. The molecular formula is C11H13NO3. The Balaban J connectivity index is 2.81. The van der Waals surface area contributed by atoms with Gasteiger partial charge < -0.3 is 14.7 Å². The molecule has 1 aromatic rings. The third-order valence-corrected chi connectivity index (χ3v) is 1.56. The molecule has 0 bridgehead atoms. The summed E-state index contributed by atoms with van der Waals surface area (Å²) in [7, 11) is 3.47. The van der Waals surface area contributed by atoms with Crippen molar-refractivity contribution in [3.8, 4) is 5.75 Å². The van der Waals surface area contributed by atoms with Crippen LogP contribution in [0.2, 0.25) is 0 Å². The first-order valence-corrected chi connectivity index (χ1v) is 4.44. The van der Waals surface area contributed by atoms with Gasteiger partial charge in [0.25, 0.3) is 0 Å². The number of hydrogen-bond donors (Lipinski definition) is 1. The maximum atomic E-state index is 10.8. The number of carboxylic acids is 1. The van der Waals surface area contributed by atoms with Gasteiger partial charge in [-0.05, 0) is 12.1 Å². The van der Waals surface area contributed by atoms with Crippen LogP contribution in [0, 0.1) is 0 Å². The van der Waals surface area contributed by atoms with E-state index in [1.165, 1.54) is 6.20 Å². The van der Waals surface area contributed by atoms with Crippen LogP contribution in [-0.2, 0) is 4.79 Å². The number of carbonyl (C=O) groups is 1. The number of carboxylic acid groups (broad SMARTS) is 1. The number of benzene rings is 1. The van der Waals surface area contributed by atoms with E-state index < -0.39 is 5.97 Å². The van der Waals surface area contributed by atoms with Crippen LogP contribution in [0.5, 0.6) is 5.75 Å². The van der Waals surface area contributed by atoms with Crippen molar-refractivity contribution in [2.45, 2.75) is 0 Å². The number of nitrogens with zero attached hydrogens (tertiary/aromatic N) is 1. The van der Waals surface area contributed by atoms with Crippen molar-refractivity contribution in [3.05, 3.63) is 42.3 Å². The van der Waals surface area contributed by atoms with Gasteiger partial charge in [-0.15, -0.1) is 0 Å². The minimum Gasteiger partial charge on any atom is -0.475 e. The van der Waals surface area contributed by atoms with E-state index in [9.17, 15) is 4.79 Å². The molecule has 4 heteroatoms. The van der Waals surface area contributed by atoms with Crippen molar-refractivity contribution in [3.63, 3.8) is 0 Å². The maximum absolute atomic E-state index is 10.8. The highest BCUT2D eigenvalue weighted by molar-refractivity contribution is 5.84. The Morgan fingerprint density at radius 3 is 2.40 bits per heavy atom. The van der Waals surface area contributed by atoms with Gasteiger partial charge >= 0.3 is 5.97 Å². The highest BCUT2D eigenvalue weighted by Crippen LogP contribution is 2.12. The van der Waals surface area contributed by atoms with Gasteiger partial charge in [-0.2, -0.15) is 0 Å². The summed E-state index contributed by atoms with van der Waals surface area (Å²) < 4.78 is 5.21. The number of ether oxygens (including phenoxy) is 1. The van der Waals surface area contributed by atoms with Gasteiger partial charge in [-0.25, -0.2) is 4.79 Å². The molecule has 0 amide bonds. The standard InChI is InChI=1S/C11H13NO3/c1-12(2)8-10(11(13)14)15-9-6-4-3-5-7-9/h3-8H,1-2H3,(H,13,14)/b10-8+. The molecule has 0 atom stereocenters. The largest absolute Gasteiger partial charge is 0.475 e. The fourth-order valence-corrected chi connectivity index (χ4v) is 0.975. The van der Waals surface area contributed by atoms with E-state index in [0.717, 1.165) is 0 Å². The minimum atomic E-state index is -1.09. The summed E-state index contributed by atoms with van der Waals surface area (Å²) in [6, 6.07) is 8.80. The molecule has 15 heavy (non-hydrogen) atoms. The molecule has 0 saturated carbocycles. The summed E-state index contributed by atoms with van der Waals surface area (Å²) in [6.45, 7) is 0. The van der Waals surface area contributed by atoms with Crippen LogP contribution in [0.4, 0.5) is 0 Å². The summed E-state index contributed by atoms with van der Waals surface area (Å²) in [5, 5.41) is 8.86. The first-order chi connectivity index (χ1) is 7.09. The average molecular weight is 207 g/mol. The molecule has 0 fully saturated rings. The summed E-state index contributed by atoms with van der Waals surface area (Å²) in [4.78, 5) is 12.4. The fraction of sp³-hybridized carbons (Fsp3) is 0.182. The average Bonchev–Trinajstić information content (AvgIpc) is 2.17. The van der Waals surface area contributed by atoms with Crippen LogP contribution >= 0.6 is 0 Å². The molecular weight excluding hydrogens is 194 g/mol. The molecule has 0 aliphatic rings. The Labute approximate surface area is 88.4 Å². The van der Waals surface area contributed by atoms with Crippen molar-refractivity contribution in [1.82, 2.24) is 4.90 Å². The van der Waals surface area contributed by atoms with Crippen LogP contribution in [0.1, 0.15) is 0 Å². The molecule has 0 aliphatic carbocycles. The minimum absolute atomic E-state index is 0.105. The third-order valence-electron chi connectivity index (χ3n) is 1.56. The Bertz CT molecular complexity index is 357. The second-order valence-electron chi connectivity index (χ2n) is 3.18. The first-order valence-electron chi connectivity index (χ1n) is 4.44. The molecule has 0 aromatic heterocycles. The van der Waals surface area contributed by atoms with E-state index in [1.807, 2.05) is 6.07 Å². The van der Waals surface area contributed by atoms with Crippen molar-refractivity contribution < 1.29 is 14.6 Å². The van der Waals surface area contributed by atoms with Gasteiger partial charge in [0.05, 0.1) is 0 Å². The molecule has 4 nitrogen and oxygen atoms in total. The molecule has 0 spiro atoms. The molecule has 0 heterocycles. The van der Waals surface area contributed by atoms with Gasteiger partial charge in [0.2, 0.25) is 5.76 Å². The number of aliphatic carboxylic acids is 1. The van der Waals surface area contributed by atoms with Crippen LogP contribution < -0.4 is 4.74 Å². The second kappa shape index (κ2) is 5.05. The summed E-state index contributed by atoms with van der Waals surface area (Å²) in [5.74, 6) is -0.688. The van der Waals surface area contributed by atoms with Gasteiger partial charge in [0, 0.05) is 20.3 Å². The van der Waals surface area contributed by atoms with Crippen molar-refractivity contribution >= 4 is 5.97 Å². The molecule has 0 aliphatic heterocycles. The van der Waals surface area contributed by atoms with E-state index in [2.05, 4.69) is 0 Å². The van der Waals surface area contributed by atoms with Gasteiger partial charge in [-0.3, -0.25) is 0 Å². The van der Waals surface area contributed by atoms with Crippen LogP contribution in [0.15, 0.2) is 42.3 Å². The van der Waals surface area contributed by atoms with Crippen molar-refractivity contribution in [2.75, 3.05) is 14.1 Å². The monoisotopic (exact) mass is 207 g/mol. The second-order valence-corrected chi connectivity index (χ2v) is 3.18. The topological polar surface area (TPSA) is 49.8 Å². The number of rotatable bonds is 4. The maximum Gasteiger partial charge on any atom is 0.373 e. The van der Waals surface area contributed by atoms with Crippen LogP contribution in [0.3, 0.4) is 0 Å². The zero-order valence-corrected chi connectivity index (χ0v) is 8.68. The smallest absolute Gasteiger partial charge is 0.373 e. The van der Waals surface area contributed by atoms with Crippen LogP contribution in [-0.4, -0.2) is 30.1 Å². The lowest BCUT2D eigenvalue weighted by Crippen LogP contribution is -2.13. The highest BCUT2D eigenvalue weighted by atomic mass is 16.5. The normalized spacial score (nSPS) is 10.9. The number of para-hydroxylation sites is 1. The van der Waals surface area contributed by atoms with Crippen molar-refractivity contribution in [1.29, 1.82) is 0 Å². The Hall–Kier alpha value is -1.97. The van der Waals surface area contributed by atoms with E-state index >= 15 is 0 Å². The fourth-order valence-electron chi connectivity index (χ4n) is 0.975. The Morgan fingerprint density at radius 2 is 1.93 bits per heavy atom. The zero-order valence-electron chi connectivity index (χ0n) is 8.68. The molecule has 1 rings (SSSR count). The Morgan fingerprint density at radius 1 is 1.33 bits per heavy atom. The molecule has 1 N–H and O–H groups in total. The molecule has 0 saturated heterocycles. The van der Waals surface area contributed by atoms with E-state index in [0.29, 0.717) is 5.75 Å². The Kier molecular flexibility index (Phi) is 3.74. The lowest BCUT2D eigenvalue weighted by molar-refractivity contribution is -0.135. The van der Waals surface area contributed by atoms with E-state index in [1.54, 1.807) is 43.3 Å². The molecule has 0 unspecified atom stereocenters. The zero-order chi connectivity index (χ0) is 11.3. The predicted octanol–water partition coefficient (Wildman–Crippen LogP) is 1.55. The lowest BCUT2D eigenvalue weighted by atomic mass is 10.3. The molecule has 0 radical (unpaired) electrons. The SMILES string of the molecule is CN(C)/C=C(/Oc1ccccc1)C(=O)O. The van der Waals surface area contributed by atoms with Gasteiger partial charge in [-0.1, -0.05) is 18.2 Å². The summed E-state index contributed by atoms with van der Waals surface area (Å²) in [5.41, 5.74) is 0. The quantitative estimate of drug-likeness (QED) is 0.601. The van der Waals surface area contributed by atoms with Gasteiger partial charge in [0.1, 0.15) is 5.75 Å².